The first-order chi connectivity index (χ1) is 15.3. The van der Waals surface area contributed by atoms with Crippen LogP contribution in [0, 0.1) is 6.92 Å². The Hall–Kier alpha value is -2.97. The van der Waals surface area contributed by atoms with Crippen LogP contribution < -0.4 is 0 Å². The fourth-order valence-electron chi connectivity index (χ4n) is 3.55. The van der Waals surface area contributed by atoms with Crippen molar-refractivity contribution in [3.63, 3.8) is 0 Å². The zero-order valence-corrected chi connectivity index (χ0v) is 20.3. The second kappa shape index (κ2) is 8.88. The van der Waals surface area contributed by atoms with Gasteiger partial charge < -0.3 is 4.74 Å². The van der Waals surface area contributed by atoms with Gasteiger partial charge in [0.2, 0.25) is 0 Å². The molecule has 7 nitrogen and oxygen atoms in total. The van der Waals surface area contributed by atoms with Crippen LogP contribution in [0.4, 0.5) is 0 Å². The van der Waals surface area contributed by atoms with Gasteiger partial charge in [0, 0.05) is 56.0 Å². The van der Waals surface area contributed by atoms with Gasteiger partial charge in [0.15, 0.2) is 11.4 Å². The van der Waals surface area contributed by atoms with Crippen LogP contribution in [0.1, 0.15) is 29.4 Å². The molecule has 0 aliphatic carbocycles. The molecule has 4 rings (SSSR count). The lowest BCUT2D eigenvalue weighted by molar-refractivity contribution is 0.0895. The number of nitrogens with zero attached hydrogens (tertiary/aromatic N) is 5. The van der Waals surface area contributed by atoms with E-state index in [1.165, 1.54) is 0 Å². The average Bonchev–Trinajstić information content (AvgIpc) is 3.18. The second-order valence-corrected chi connectivity index (χ2v) is 14.9. The summed E-state index contributed by atoms with van der Waals surface area (Å²) in [5, 5.41) is 1.91. The minimum absolute atomic E-state index is 0.0396. The molecular weight excluding hydrogens is 418 g/mol. The summed E-state index contributed by atoms with van der Waals surface area (Å²) in [6.07, 6.45) is 7.63. The zero-order chi connectivity index (χ0) is 22.9. The number of hydrogen-bond donors (Lipinski definition) is 0. The number of rotatable bonds is 8. The minimum atomic E-state index is -1.11. The molecule has 4 heterocycles. The molecule has 0 aromatic carbocycles. The third-order valence-corrected chi connectivity index (χ3v) is 7.25. The number of ether oxygens (including phenoxy) is 1. The van der Waals surface area contributed by atoms with Crippen LogP contribution in [0.5, 0.6) is 0 Å². The summed E-state index contributed by atoms with van der Waals surface area (Å²) in [5.41, 5.74) is 4.77. The molecule has 166 valence electrons. The van der Waals surface area contributed by atoms with E-state index < -0.39 is 8.07 Å². The normalized spacial score (nSPS) is 12.0. The summed E-state index contributed by atoms with van der Waals surface area (Å²) >= 11 is 0. The van der Waals surface area contributed by atoms with Gasteiger partial charge in [-0.25, -0.2) is 9.97 Å². The van der Waals surface area contributed by atoms with Crippen LogP contribution in [0.15, 0.2) is 37.1 Å². The van der Waals surface area contributed by atoms with E-state index in [0.717, 1.165) is 51.4 Å². The maximum atomic E-state index is 11.9. The topological polar surface area (TPSA) is 82.8 Å². The second-order valence-electron chi connectivity index (χ2n) is 9.31. The lowest BCUT2D eigenvalue weighted by atomic mass is 10.0. The van der Waals surface area contributed by atoms with Crippen molar-refractivity contribution in [1.82, 2.24) is 24.5 Å². The number of carbonyl (C=O) groups is 1. The summed E-state index contributed by atoms with van der Waals surface area (Å²) in [6, 6.07) is 4.96. The Kier molecular flexibility index (Phi) is 6.17. The number of Topliss-reactive ketones (excluding diaryl/α,β-unsaturated/α-hetero) is 1. The summed E-state index contributed by atoms with van der Waals surface area (Å²) in [5.74, 6) is 0.0396. The molecule has 0 amide bonds. The van der Waals surface area contributed by atoms with Gasteiger partial charge in [-0.05, 0) is 30.7 Å². The fraction of sp³-hybridized carbons (Fsp3) is 0.375. The number of aryl methyl sites for hydroxylation is 1. The maximum absolute atomic E-state index is 11.9. The van der Waals surface area contributed by atoms with E-state index >= 15 is 0 Å². The van der Waals surface area contributed by atoms with Crippen LogP contribution >= 0.6 is 0 Å². The highest BCUT2D eigenvalue weighted by molar-refractivity contribution is 6.76. The quantitative estimate of drug-likeness (QED) is 0.208. The van der Waals surface area contributed by atoms with Crippen molar-refractivity contribution in [1.29, 1.82) is 0 Å². The molecule has 0 aliphatic rings. The first kappa shape index (κ1) is 22.2. The SMILES string of the molecule is CCC(=O)c1cc(C)c(-c2cc3cnc4c(ncn4COCC[Si](C)(C)C)c3cn2)cn1. The number of fused-ring (bicyclic) bond motifs is 3. The zero-order valence-electron chi connectivity index (χ0n) is 19.3. The third-order valence-electron chi connectivity index (χ3n) is 5.55. The Balaban J connectivity index is 1.61. The van der Waals surface area contributed by atoms with Gasteiger partial charge in [-0.15, -0.1) is 0 Å². The Morgan fingerprint density at radius 2 is 1.88 bits per heavy atom. The maximum Gasteiger partial charge on any atom is 0.180 e. The van der Waals surface area contributed by atoms with Crippen LogP contribution in [0.25, 0.3) is 33.2 Å². The lowest BCUT2D eigenvalue weighted by Gasteiger charge is -2.15. The minimum Gasteiger partial charge on any atom is -0.361 e. The molecular formula is C24H29N5O2Si. The molecule has 0 unspecified atom stereocenters. The molecule has 0 aliphatic heterocycles. The summed E-state index contributed by atoms with van der Waals surface area (Å²) in [7, 11) is -1.11. The molecule has 0 saturated carbocycles. The molecule has 4 aromatic rings. The van der Waals surface area contributed by atoms with Crippen molar-refractivity contribution in [3.05, 3.63) is 48.3 Å². The lowest BCUT2D eigenvalue weighted by Crippen LogP contribution is -2.22. The third kappa shape index (κ3) is 4.61. The predicted molar refractivity (Wildman–Crippen MR) is 130 cm³/mol. The molecule has 0 spiro atoms. The summed E-state index contributed by atoms with van der Waals surface area (Å²) in [6.45, 7) is 12.0. The predicted octanol–water partition coefficient (Wildman–Crippen LogP) is 5.25. The first-order valence-electron chi connectivity index (χ1n) is 10.9. The molecule has 0 radical (unpaired) electrons. The number of ketones is 1. The van der Waals surface area contributed by atoms with Crippen molar-refractivity contribution in [2.45, 2.75) is 52.7 Å². The number of imidazole rings is 1. The number of pyridine rings is 3. The van der Waals surface area contributed by atoms with Crippen LogP contribution in [-0.4, -0.2) is 45.0 Å². The van der Waals surface area contributed by atoms with Gasteiger partial charge in [0.1, 0.15) is 17.9 Å². The van der Waals surface area contributed by atoms with Crippen LogP contribution in [-0.2, 0) is 11.5 Å². The Labute approximate surface area is 188 Å². The first-order valence-corrected chi connectivity index (χ1v) is 14.6. The largest absolute Gasteiger partial charge is 0.361 e. The van der Waals surface area contributed by atoms with E-state index in [0.29, 0.717) is 18.8 Å². The Morgan fingerprint density at radius 1 is 1.06 bits per heavy atom. The van der Waals surface area contributed by atoms with Crippen molar-refractivity contribution in [2.24, 2.45) is 0 Å². The van der Waals surface area contributed by atoms with Crippen molar-refractivity contribution in [3.8, 4) is 11.3 Å². The van der Waals surface area contributed by atoms with Gasteiger partial charge in [-0.1, -0.05) is 26.6 Å². The fourth-order valence-corrected chi connectivity index (χ4v) is 4.30. The molecule has 8 heteroatoms. The van der Waals surface area contributed by atoms with Crippen LogP contribution in [0.2, 0.25) is 25.7 Å². The highest BCUT2D eigenvalue weighted by atomic mass is 28.3. The van der Waals surface area contributed by atoms with Gasteiger partial charge in [0.25, 0.3) is 0 Å². The molecule has 32 heavy (non-hydrogen) atoms. The van der Waals surface area contributed by atoms with E-state index in [9.17, 15) is 4.79 Å². The van der Waals surface area contributed by atoms with Crippen molar-refractivity contribution >= 4 is 35.8 Å². The Morgan fingerprint density at radius 3 is 2.59 bits per heavy atom. The molecule has 0 fully saturated rings. The monoisotopic (exact) mass is 447 g/mol. The highest BCUT2D eigenvalue weighted by Crippen LogP contribution is 2.28. The highest BCUT2D eigenvalue weighted by Gasteiger charge is 2.14. The standard InChI is InChI=1S/C24H29N5O2Si/c1-6-22(30)21-9-16(2)18(12-26-21)20-10-17-11-27-24-23(19(17)13-25-20)28-14-29(24)15-31-7-8-32(3,4)5/h9-14H,6-8,15H2,1-5H3. The van der Waals surface area contributed by atoms with E-state index in [2.05, 4.69) is 39.6 Å². The summed E-state index contributed by atoms with van der Waals surface area (Å²) in [4.78, 5) is 30.2. The van der Waals surface area contributed by atoms with E-state index in [1.54, 1.807) is 12.5 Å². The van der Waals surface area contributed by atoms with E-state index in [-0.39, 0.29) is 5.78 Å². The molecule has 0 N–H and O–H groups in total. The number of aromatic nitrogens is 5. The molecule has 0 bridgehead atoms. The van der Waals surface area contributed by atoms with E-state index in [4.69, 9.17) is 4.74 Å². The average molecular weight is 448 g/mol. The van der Waals surface area contributed by atoms with Gasteiger partial charge >= 0.3 is 0 Å². The molecule has 4 aromatic heterocycles. The van der Waals surface area contributed by atoms with Gasteiger partial charge in [0.05, 0.1) is 12.0 Å². The van der Waals surface area contributed by atoms with Crippen molar-refractivity contribution in [2.75, 3.05) is 6.61 Å². The van der Waals surface area contributed by atoms with Crippen molar-refractivity contribution < 1.29 is 9.53 Å². The molecule has 0 saturated heterocycles. The summed E-state index contributed by atoms with van der Waals surface area (Å²) < 4.78 is 7.80. The number of hydrogen-bond acceptors (Lipinski definition) is 6. The Bertz CT molecular complexity index is 1290. The van der Waals surface area contributed by atoms with Gasteiger partial charge in [-0.3, -0.25) is 19.3 Å². The smallest absolute Gasteiger partial charge is 0.180 e. The number of carbonyl (C=O) groups excluding carboxylic acids is 1. The van der Waals surface area contributed by atoms with Gasteiger partial charge in [-0.2, -0.15) is 0 Å². The molecule has 0 atom stereocenters. The van der Waals surface area contributed by atoms with E-state index in [1.807, 2.05) is 42.9 Å². The van der Waals surface area contributed by atoms with Crippen LogP contribution in [0.3, 0.4) is 0 Å².